The first kappa shape index (κ1) is 60.3. The Bertz CT molecular complexity index is 3350. The number of aromatic nitrogens is 4. The quantitative estimate of drug-likeness (QED) is 0.0503. The van der Waals surface area contributed by atoms with E-state index in [9.17, 15) is 19.2 Å². The molecule has 0 spiro atoms. The van der Waals surface area contributed by atoms with Crippen molar-refractivity contribution < 1.29 is 52.3 Å². The van der Waals surface area contributed by atoms with Crippen LogP contribution < -0.4 is 23.8 Å². The first-order chi connectivity index (χ1) is 38.3. The highest BCUT2D eigenvalue weighted by Gasteiger charge is 2.45. The van der Waals surface area contributed by atoms with Crippen molar-refractivity contribution in [2.75, 3.05) is 73.7 Å². The molecule has 0 saturated carbocycles. The summed E-state index contributed by atoms with van der Waals surface area (Å²) in [5, 5.41) is 2.54. The zero-order valence-corrected chi connectivity index (χ0v) is 50.3. The van der Waals surface area contributed by atoms with Crippen LogP contribution in [0.4, 0.5) is 15.5 Å². The zero-order valence-electron chi connectivity index (χ0n) is 47.3. The van der Waals surface area contributed by atoms with Crippen LogP contribution in [0, 0.1) is 5.92 Å². The molecular formula is C58H66Cl4N8O11. The third-order valence-electron chi connectivity index (χ3n) is 13.8. The van der Waals surface area contributed by atoms with Gasteiger partial charge >= 0.3 is 18.2 Å². The Hall–Kier alpha value is -6.80. The minimum absolute atomic E-state index is 0.102. The molecule has 6 aromatic rings. The summed E-state index contributed by atoms with van der Waals surface area (Å²) in [7, 11) is 9.65. The van der Waals surface area contributed by atoms with Crippen molar-refractivity contribution in [1.29, 1.82) is 0 Å². The fourth-order valence-electron chi connectivity index (χ4n) is 9.84. The van der Waals surface area contributed by atoms with Gasteiger partial charge in [0.15, 0.2) is 0 Å². The summed E-state index contributed by atoms with van der Waals surface area (Å²) in [6, 6.07) is 12.4. The lowest BCUT2D eigenvalue weighted by Gasteiger charge is -2.29. The zero-order chi connectivity index (χ0) is 58.8. The average Bonchev–Trinajstić information content (AvgIpc) is 4.14. The van der Waals surface area contributed by atoms with Crippen LogP contribution in [0.3, 0.4) is 0 Å². The van der Waals surface area contributed by atoms with Gasteiger partial charge in [-0.25, -0.2) is 34.3 Å². The minimum atomic E-state index is -0.919. The summed E-state index contributed by atoms with van der Waals surface area (Å²) in [4.78, 5) is 79.2. The monoisotopic (exact) mass is 1190 g/mol. The van der Waals surface area contributed by atoms with E-state index in [0.717, 1.165) is 10.9 Å². The molecule has 432 valence electrons. The molecule has 0 radical (unpaired) electrons. The largest absolute Gasteiger partial charge is 0.495 e. The highest BCUT2D eigenvalue weighted by atomic mass is 35.5. The molecule has 2 fully saturated rings. The van der Waals surface area contributed by atoms with Crippen molar-refractivity contribution in [3.05, 3.63) is 86.8 Å². The van der Waals surface area contributed by atoms with E-state index in [2.05, 4.69) is 9.97 Å². The van der Waals surface area contributed by atoms with E-state index in [1.54, 1.807) is 80.2 Å². The Labute approximate surface area is 490 Å². The molecule has 4 heterocycles. The smallest absolute Gasteiger partial charge is 0.411 e. The number of carbonyl (C=O) groups excluding carboxylic acids is 4. The van der Waals surface area contributed by atoms with Crippen molar-refractivity contribution in [2.24, 2.45) is 5.92 Å². The van der Waals surface area contributed by atoms with Crippen LogP contribution in [0.15, 0.2) is 60.9 Å². The molecule has 2 saturated heterocycles. The number of anilines is 1. The van der Waals surface area contributed by atoms with E-state index >= 15 is 0 Å². The summed E-state index contributed by atoms with van der Waals surface area (Å²) in [6.45, 7) is 10.9. The van der Waals surface area contributed by atoms with Crippen LogP contribution in [0.25, 0.3) is 44.1 Å². The van der Waals surface area contributed by atoms with Gasteiger partial charge in [0.05, 0.1) is 58.5 Å². The Morgan fingerprint density at radius 1 is 0.630 bits per heavy atom. The maximum absolute atomic E-state index is 13.9. The van der Waals surface area contributed by atoms with Gasteiger partial charge in [-0.15, -0.1) is 0 Å². The lowest BCUT2D eigenvalue weighted by molar-refractivity contribution is -0.149. The summed E-state index contributed by atoms with van der Waals surface area (Å²) >= 11 is 27.4. The van der Waals surface area contributed by atoms with Gasteiger partial charge in [-0.05, 0) is 102 Å². The molecule has 2 aliphatic rings. The number of rotatable bonds is 16. The number of benzene rings is 4. The normalized spacial score (nSPS) is 17.3. The Kier molecular flexibility index (Phi) is 18.4. The molecule has 4 atom stereocenters. The molecule has 8 rings (SSSR count). The fourth-order valence-corrected chi connectivity index (χ4v) is 11.3. The maximum Gasteiger partial charge on any atom is 0.411 e. The molecule has 0 N–H and O–H groups in total. The second-order valence-corrected chi connectivity index (χ2v) is 23.6. The third kappa shape index (κ3) is 13.6. The van der Waals surface area contributed by atoms with Crippen LogP contribution in [-0.2, 0) is 30.2 Å². The summed E-state index contributed by atoms with van der Waals surface area (Å²) in [5.41, 5.74) is 2.11. The van der Waals surface area contributed by atoms with Gasteiger partial charge in [0, 0.05) is 87.1 Å². The van der Waals surface area contributed by atoms with Gasteiger partial charge in [0.25, 0.3) is 0 Å². The van der Waals surface area contributed by atoms with Crippen LogP contribution in [0.2, 0.25) is 20.1 Å². The van der Waals surface area contributed by atoms with Crippen molar-refractivity contribution >= 4 is 98.2 Å². The number of halogens is 4. The summed E-state index contributed by atoms with van der Waals surface area (Å²) in [5.74, 6) is 1.43. The Balaban J connectivity index is 0.917. The number of nitrogens with zero attached hydrogens (tertiary/aromatic N) is 8. The van der Waals surface area contributed by atoms with Gasteiger partial charge in [0.1, 0.15) is 65.3 Å². The van der Waals surface area contributed by atoms with Crippen LogP contribution in [0.5, 0.6) is 23.0 Å². The average molecular weight is 1190 g/mol. The van der Waals surface area contributed by atoms with Crippen LogP contribution >= 0.6 is 46.4 Å². The molecule has 2 aliphatic heterocycles. The Morgan fingerprint density at radius 2 is 1.14 bits per heavy atom. The third-order valence-corrected chi connectivity index (χ3v) is 15.3. The lowest BCUT2D eigenvalue weighted by atomic mass is 9.99. The van der Waals surface area contributed by atoms with E-state index in [1.165, 1.54) is 36.0 Å². The SMILES string of the molecule is COc1cc(OC)c(Cl)c(-c2ccc3nc(CC[C@H]4C[C@@H](C(=O)OCCOc5cc(OC)c(Cl)c(-c6ccc7nc(N(C)[C@H]8C[C@@H](C(=O)N(C)C)N(C(=O)OC(C)(C)C)C8)ncc7c6)c5Cl)N(C(=O)OC(C)(C)C)C4)ncc3c2)c1Cl. The number of hydrogen-bond donors (Lipinski definition) is 0. The number of likely N-dealkylation sites (N-methyl/N-ethyl adjacent to an activating group) is 2. The van der Waals surface area contributed by atoms with Crippen LogP contribution in [-0.4, -0.2) is 157 Å². The van der Waals surface area contributed by atoms with Gasteiger partial charge in [-0.2, -0.15) is 0 Å². The molecule has 4 aromatic carbocycles. The lowest BCUT2D eigenvalue weighted by Crippen LogP contribution is -2.47. The number of ether oxygens (including phenoxy) is 7. The number of fused-ring (bicyclic) bond motifs is 2. The van der Waals surface area contributed by atoms with E-state index < -0.39 is 41.4 Å². The molecule has 3 amide bonds. The molecule has 19 nitrogen and oxygen atoms in total. The van der Waals surface area contributed by atoms with Crippen molar-refractivity contribution in [1.82, 2.24) is 34.6 Å². The number of likely N-dealkylation sites (tertiary alicyclic amines) is 2. The number of methoxy groups -OCH3 is 3. The number of aryl methyl sites for hydroxylation is 1. The molecule has 2 aromatic heterocycles. The fraction of sp³-hybridized carbons (Fsp3) is 0.448. The predicted molar refractivity (Wildman–Crippen MR) is 311 cm³/mol. The van der Waals surface area contributed by atoms with Crippen molar-refractivity contribution in [3.63, 3.8) is 0 Å². The molecule has 0 unspecified atom stereocenters. The highest BCUT2D eigenvalue weighted by Crippen LogP contribution is 2.48. The standard InChI is InChI=1S/C58H66Cl4N8O11/c1-57(2,3)80-55(73)69-29-31(13-18-45-63-27-34-22-32(14-16-37(34)65-45)46-48(59)41(75-10)25-42(76-11)49(46)60)21-40(69)53(72)79-20-19-78-44-26-43(77-12)50(61)47(51(44)62)33-15-17-38-35(23-33)28-64-54(66-38)68(9)36-24-39(52(71)67(7)8)70(30-36)56(74)81-58(4,5)6/h14-17,22-23,25-28,31,36,39-40H,13,18-21,24,29-30H2,1-12H3/t31-,36-,39-,40-/m0/s1. The second-order valence-electron chi connectivity index (χ2n) is 22.1. The summed E-state index contributed by atoms with van der Waals surface area (Å²) < 4.78 is 39.9. The second kappa shape index (κ2) is 24.7. The Morgan fingerprint density at radius 3 is 1.67 bits per heavy atom. The van der Waals surface area contributed by atoms with Gasteiger partial charge < -0.3 is 43.0 Å². The van der Waals surface area contributed by atoms with Gasteiger partial charge in [-0.1, -0.05) is 58.5 Å². The molecule has 23 heteroatoms. The first-order valence-corrected chi connectivity index (χ1v) is 27.7. The number of carbonyl (C=O) groups is 4. The molecule has 0 aliphatic carbocycles. The molecule has 81 heavy (non-hydrogen) atoms. The van der Waals surface area contributed by atoms with E-state index in [0.29, 0.717) is 92.1 Å². The van der Waals surface area contributed by atoms with Crippen LogP contribution in [0.1, 0.15) is 66.6 Å². The van der Waals surface area contributed by atoms with Crippen molar-refractivity contribution in [2.45, 2.75) is 96.6 Å². The van der Waals surface area contributed by atoms with Gasteiger partial charge in [0.2, 0.25) is 11.9 Å². The predicted octanol–water partition coefficient (Wildman–Crippen LogP) is 11.6. The van der Waals surface area contributed by atoms with Gasteiger partial charge in [-0.3, -0.25) is 14.6 Å². The van der Waals surface area contributed by atoms with E-state index in [4.69, 9.17) is 89.5 Å². The highest BCUT2D eigenvalue weighted by molar-refractivity contribution is 6.42. The van der Waals surface area contributed by atoms with E-state index in [-0.39, 0.29) is 65.7 Å². The van der Waals surface area contributed by atoms with E-state index in [1.807, 2.05) is 48.3 Å². The summed E-state index contributed by atoms with van der Waals surface area (Å²) in [6.07, 6.45) is 3.96. The number of hydrogen-bond acceptors (Lipinski definition) is 16. The van der Waals surface area contributed by atoms with Crippen molar-refractivity contribution in [3.8, 4) is 45.3 Å². The first-order valence-electron chi connectivity index (χ1n) is 26.2. The minimum Gasteiger partial charge on any atom is -0.495 e. The number of esters is 1. The molecular weight excluding hydrogens is 1130 g/mol. The topological polar surface area (TPSA) is 197 Å². The maximum atomic E-state index is 13.9. The molecule has 0 bridgehead atoms. The number of amides is 3.